The van der Waals surface area contributed by atoms with Crippen LogP contribution >= 0.6 is 0 Å². The quantitative estimate of drug-likeness (QED) is 0.0373. The summed E-state index contributed by atoms with van der Waals surface area (Å²) in [5.41, 5.74) is 11.4. The van der Waals surface area contributed by atoms with Crippen LogP contribution in [0.2, 0.25) is 0 Å². The van der Waals surface area contributed by atoms with Crippen LogP contribution in [0, 0.1) is 35.5 Å². The average molecular weight is 815 g/mol. The van der Waals surface area contributed by atoms with Gasteiger partial charge in [-0.15, -0.1) is 0 Å². The van der Waals surface area contributed by atoms with Gasteiger partial charge in [0.1, 0.15) is 5.76 Å². The first-order valence-corrected chi connectivity index (χ1v) is 22.4. The minimum atomic E-state index is -0.546. The van der Waals surface area contributed by atoms with Crippen LogP contribution in [0.3, 0.4) is 0 Å². The summed E-state index contributed by atoms with van der Waals surface area (Å²) in [4.78, 5) is 51.3. The fraction of sp³-hybridized carbons (Fsp3) is 0.608. The third kappa shape index (κ3) is 14.6. The zero-order valence-electron chi connectivity index (χ0n) is 38.3. The monoisotopic (exact) mass is 815 g/mol. The van der Waals surface area contributed by atoms with Crippen molar-refractivity contribution in [2.75, 3.05) is 13.1 Å². The van der Waals surface area contributed by atoms with Crippen LogP contribution in [-0.2, 0) is 19.2 Å². The molecule has 0 aromatic carbocycles. The van der Waals surface area contributed by atoms with E-state index in [1.54, 1.807) is 0 Å². The Kier molecular flexibility index (Phi) is 21.6. The molecule has 0 radical (unpaired) electrons. The van der Waals surface area contributed by atoms with Crippen molar-refractivity contribution in [1.29, 1.82) is 0 Å². The number of nitrogens with one attached hydrogen (secondary N) is 1. The summed E-state index contributed by atoms with van der Waals surface area (Å²) >= 11 is 0. The molecule has 4 aliphatic carbocycles. The molecule has 0 bridgehead atoms. The van der Waals surface area contributed by atoms with E-state index in [0.717, 1.165) is 94.2 Å². The van der Waals surface area contributed by atoms with Crippen LogP contribution < -0.4 is 11.1 Å². The summed E-state index contributed by atoms with van der Waals surface area (Å²) in [7, 11) is 0. The molecule has 0 fully saturated rings. The Hall–Kier alpha value is -4.04. The van der Waals surface area contributed by atoms with Gasteiger partial charge in [-0.25, -0.2) is 0 Å². The minimum absolute atomic E-state index is 0.0305. The van der Waals surface area contributed by atoms with E-state index >= 15 is 0 Å². The lowest BCUT2D eigenvalue weighted by atomic mass is 9.70. The van der Waals surface area contributed by atoms with Crippen molar-refractivity contribution in [2.45, 2.75) is 153 Å². The number of rotatable bonds is 17. The molecule has 4 atom stereocenters. The second kappa shape index (κ2) is 24.9. The molecule has 5 N–H and O–H groups in total. The van der Waals surface area contributed by atoms with Crippen molar-refractivity contribution in [2.24, 2.45) is 41.2 Å². The third-order valence-corrected chi connectivity index (χ3v) is 11.9. The van der Waals surface area contributed by atoms with Crippen molar-refractivity contribution >= 4 is 23.1 Å². The molecule has 0 aromatic rings. The van der Waals surface area contributed by atoms with E-state index in [1.807, 2.05) is 46.8 Å². The Morgan fingerprint density at radius 3 is 1.73 bits per heavy atom. The number of carbonyl (C=O) groups is 4. The summed E-state index contributed by atoms with van der Waals surface area (Å²) < 4.78 is 0. The minimum Gasteiger partial charge on any atom is -0.505 e. The lowest BCUT2D eigenvalue weighted by molar-refractivity contribution is -0.133. The Morgan fingerprint density at radius 1 is 0.746 bits per heavy atom. The highest BCUT2D eigenvalue weighted by Gasteiger charge is 2.41. The average Bonchev–Trinajstić information content (AvgIpc) is 3.16. The van der Waals surface area contributed by atoms with Gasteiger partial charge < -0.3 is 21.3 Å². The molecule has 8 nitrogen and oxygen atoms in total. The largest absolute Gasteiger partial charge is 0.505 e. The van der Waals surface area contributed by atoms with E-state index in [1.165, 1.54) is 17.2 Å². The molecular weight excluding hydrogens is 737 g/mol. The molecule has 0 saturated carbocycles. The van der Waals surface area contributed by atoms with E-state index in [9.17, 15) is 29.4 Å². The number of ketones is 4. The second-order valence-electron chi connectivity index (χ2n) is 18.1. The van der Waals surface area contributed by atoms with Gasteiger partial charge in [-0.1, -0.05) is 108 Å². The molecular formula is C51H78N2O6. The first kappa shape index (κ1) is 51.1. The first-order chi connectivity index (χ1) is 27.8. The standard InChI is InChI=1S/C26H39NO3.C20H26O3.C5H13N/c1-7-8-9-10-20-23(27-14-13-16(2)3)25(29)22(26(30)24(20)28)21-15-18(6)11-12-19(21)17(4)5;1-5-6-7-14-11-17(21)18(20(23)19(14)22)16-10-13(4)8-9-15(16)12(2)3;1-5(2)3-4-6/h15-16,19,21,27,29H,4,7-14H2,1-3,5-6H3;10-11,15-16,23H,2,5-9H2,1,3-4H3;5H,3-4,6H2,1-2H3/t19-,21+;15-,16+;/m00./s1. The molecule has 0 aromatic heterocycles. The number of allylic oxidation sites excluding steroid dienone is 11. The Bertz CT molecular complexity index is 1750. The molecule has 4 aliphatic rings. The van der Waals surface area contributed by atoms with Crippen molar-refractivity contribution in [3.63, 3.8) is 0 Å². The number of Topliss-reactive ketones (excluding diaryl/α,β-unsaturated/α-hetero) is 3. The molecule has 8 heteroatoms. The molecule has 59 heavy (non-hydrogen) atoms. The molecule has 0 amide bonds. The van der Waals surface area contributed by atoms with Crippen molar-refractivity contribution in [3.8, 4) is 0 Å². The number of unbranched alkanes of at least 4 members (excludes halogenated alkanes) is 3. The number of nitrogens with two attached hydrogens (primary N) is 1. The zero-order valence-corrected chi connectivity index (χ0v) is 38.3. The molecule has 0 spiro atoms. The van der Waals surface area contributed by atoms with E-state index in [2.05, 4.69) is 53.1 Å². The number of carbonyl (C=O) groups excluding carboxylic acids is 4. The van der Waals surface area contributed by atoms with Gasteiger partial charge in [0.25, 0.3) is 0 Å². The Balaban J connectivity index is 0.000000366. The van der Waals surface area contributed by atoms with Crippen molar-refractivity contribution in [1.82, 2.24) is 5.32 Å². The number of hydrogen-bond donors (Lipinski definition) is 4. The Labute approximate surface area is 357 Å². The summed E-state index contributed by atoms with van der Waals surface area (Å²) in [6.07, 6.45) is 17.0. The van der Waals surface area contributed by atoms with Crippen molar-refractivity contribution < 1.29 is 29.4 Å². The summed E-state index contributed by atoms with van der Waals surface area (Å²) in [5.74, 6) is -1.12. The van der Waals surface area contributed by atoms with Crippen molar-refractivity contribution in [3.05, 3.63) is 93.2 Å². The zero-order chi connectivity index (χ0) is 44.6. The normalized spacial score (nSPS) is 22.4. The lowest BCUT2D eigenvalue weighted by Gasteiger charge is -2.34. The Morgan fingerprint density at radius 2 is 1.27 bits per heavy atom. The highest BCUT2D eigenvalue weighted by atomic mass is 16.3. The molecule has 0 unspecified atom stereocenters. The maximum Gasteiger partial charge on any atom is 0.233 e. The predicted molar refractivity (Wildman–Crippen MR) is 244 cm³/mol. The predicted octanol–water partition coefficient (Wildman–Crippen LogP) is 11.6. The van der Waals surface area contributed by atoms with Gasteiger partial charge in [0, 0.05) is 29.5 Å². The molecule has 0 heterocycles. The maximum absolute atomic E-state index is 13.2. The highest BCUT2D eigenvalue weighted by Crippen LogP contribution is 2.42. The summed E-state index contributed by atoms with van der Waals surface area (Å²) in [6, 6.07) is 0. The van der Waals surface area contributed by atoms with Gasteiger partial charge in [-0.3, -0.25) is 19.2 Å². The van der Waals surface area contributed by atoms with E-state index in [0.29, 0.717) is 42.1 Å². The molecule has 4 rings (SSSR count). The summed E-state index contributed by atoms with van der Waals surface area (Å²) in [6.45, 7) is 30.4. The first-order valence-electron chi connectivity index (χ1n) is 22.4. The van der Waals surface area contributed by atoms with E-state index < -0.39 is 11.6 Å². The van der Waals surface area contributed by atoms with Crippen LogP contribution in [0.25, 0.3) is 0 Å². The number of aliphatic hydroxyl groups excluding tert-OH is 2. The van der Waals surface area contributed by atoms with Crippen LogP contribution in [0.4, 0.5) is 0 Å². The molecule has 0 saturated heterocycles. The highest BCUT2D eigenvalue weighted by molar-refractivity contribution is 6.50. The van der Waals surface area contributed by atoms with E-state index in [4.69, 9.17) is 5.73 Å². The van der Waals surface area contributed by atoms with Crippen LogP contribution in [0.15, 0.2) is 93.2 Å². The van der Waals surface area contributed by atoms with Crippen LogP contribution in [0.1, 0.15) is 153 Å². The van der Waals surface area contributed by atoms with Gasteiger partial charge in [-0.05, 0) is 128 Å². The SMILES string of the molecule is C=C(C)[C@@H]1CCC(C)=C[C@H]1C1=C(O)C(=O)C(CCCC)=CC1=O.C=C(C)[C@@H]1CCC(C)=C[C@H]1C1=C(O)C(NCCC(C)C)=C(CCCCC)C(=O)C1=O.CC(C)CCN. The van der Waals surface area contributed by atoms with Crippen LogP contribution in [0.5, 0.6) is 0 Å². The second-order valence-corrected chi connectivity index (χ2v) is 18.1. The third-order valence-electron chi connectivity index (χ3n) is 11.9. The number of hydrogen-bond acceptors (Lipinski definition) is 8. The maximum atomic E-state index is 13.2. The lowest BCUT2D eigenvalue weighted by Crippen LogP contribution is -2.36. The van der Waals surface area contributed by atoms with Gasteiger partial charge >= 0.3 is 0 Å². The fourth-order valence-electron chi connectivity index (χ4n) is 8.25. The van der Waals surface area contributed by atoms with E-state index in [-0.39, 0.29) is 57.9 Å². The van der Waals surface area contributed by atoms with Gasteiger partial charge in [0.2, 0.25) is 17.3 Å². The van der Waals surface area contributed by atoms with Gasteiger partial charge in [0.15, 0.2) is 11.5 Å². The topological polar surface area (TPSA) is 147 Å². The molecule has 0 aliphatic heterocycles. The number of aliphatic hydroxyl groups is 2. The van der Waals surface area contributed by atoms with Crippen LogP contribution in [-0.4, -0.2) is 46.4 Å². The molecule has 328 valence electrons. The smallest absolute Gasteiger partial charge is 0.233 e. The summed E-state index contributed by atoms with van der Waals surface area (Å²) in [5, 5.41) is 25.0. The fourth-order valence-corrected chi connectivity index (χ4v) is 8.25. The van der Waals surface area contributed by atoms with Gasteiger partial charge in [0.05, 0.1) is 16.8 Å². The van der Waals surface area contributed by atoms with Gasteiger partial charge in [-0.2, -0.15) is 0 Å².